The number of aromatic nitrogens is 4. The molecule has 3 rings (SSSR count). The summed E-state index contributed by atoms with van der Waals surface area (Å²) < 4.78 is 43.2. The molecule has 1 saturated heterocycles. The zero-order valence-electron chi connectivity index (χ0n) is 16.8. The number of anilines is 1. The number of unbranched alkanes of at least 4 members (excludes halogenated alkanes) is 1. The number of phosphoric ester groups is 2. The van der Waals surface area contributed by atoms with Crippen LogP contribution in [0.4, 0.5) is 5.95 Å². The van der Waals surface area contributed by atoms with Crippen molar-refractivity contribution in [2.75, 3.05) is 18.9 Å². The second-order valence-corrected chi connectivity index (χ2v) is 9.97. The maximum atomic E-state index is 11.9. The van der Waals surface area contributed by atoms with Crippen LogP contribution in [0, 0.1) is 0 Å². The summed E-state index contributed by atoms with van der Waals surface area (Å²) in [5.41, 5.74) is 5.65. The summed E-state index contributed by atoms with van der Waals surface area (Å²) in [6.07, 6.45) is -4.65. The molecule has 2 aromatic heterocycles. The summed E-state index contributed by atoms with van der Waals surface area (Å²) in [4.78, 5) is 41.2. The fourth-order valence-corrected chi connectivity index (χ4v) is 5.06. The van der Waals surface area contributed by atoms with Gasteiger partial charge in [-0.25, -0.2) is 19.1 Å². The van der Waals surface area contributed by atoms with E-state index in [1.807, 2.05) is 0 Å². The number of nitrogens with zero attached hydrogens (tertiary/aromatic N) is 3. The predicted molar refractivity (Wildman–Crippen MR) is 107 cm³/mol. The minimum absolute atomic E-state index is 0.0565. The minimum atomic E-state index is -5.13. The highest BCUT2D eigenvalue weighted by atomic mass is 31.3. The van der Waals surface area contributed by atoms with E-state index >= 15 is 0 Å². The van der Waals surface area contributed by atoms with Gasteiger partial charge >= 0.3 is 15.6 Å². The van der Waals surface area contributed by atoms with Crippen molar-refractivity contribution in [1.29, 1.82) is 0 Å². The van der Waals surface area contributed by atoms with Crippen molar-refractivity contribution in [1.82, 2.24) is 19.5 Å². The molecular formula is C14H23N5O12P2. The van der Waals surface area contributed by atoms with E-state index in [1.165, 1.54) is 10.9 Å². The largest absolute Gasteiger partial charge is 0.481 e. The molecule has 3 heterocycles. The highest BCUT2D eigenvalue weighted by Crippen LogP contribution is 2.60. The van der Waals surface area contributed by atoms with E-state index in [2.05, 4.69) is 28.3 Å². The Hall–Kier alpha value is -1.75. The van der Waals surface area contributed by atoms with E-state index in [0.29, 0.717) is 6.42 Å². The molecular weight excluding hydrogens is 492 g/mol. The number of aliphatic hydroxyl groups is 3. The van der Waals surface area contributed by atoms with Crippen molar-refractivity contribution in [2.45, 2.75) is 44.0 Å². The number of aromatic amines is 1. The van der Waals surface area contributed by atoms with Gasteiger partial charge in [0, 0.05) is 6.54 Å². The fourth-order valence-electron chi connectivity index (χ4n) is 2.95. The van der Waals surface area contributed by atoms with Crippen molar-refractivity contribution in [3.8, 4) is 0 Å². The zero-order chi connectivity index (χ0) is 24.4. The smallest absolute Gasteiger partial charge is 0.387 e. The number of nitrogen functional groups attached to an aromatic ring is 1. The van der Waals surface area contributed by atoms with Gasteiger partial charge in [-0.2, -0.15) is 4.31 Å². The second-order valence-electron chi connectivity index (χ2n) is 6.93. The van der Waals surface area contributed by atoms with Gasteiger partial charge in [-0.1, -0.05) is 0 Å². The van der Waals surface area contributed by atoms with E-state index in [9.17, 15) is 39.0 Å². The van der Waals surface area contributed by atoms with Crippen molar-refractivity contribution in [3.63, 3.8) is 0 Å². The van der Waals surface area contributed by atoms with Crippen LogP contribution in [0.5, 0.6) is 0 Å². The topological polar surface area (TPSA) is 262 Å². The van der Waals surface area contributed by atoms with Gasteiger partial charge in [0.1, 0.15) is 18.3 Å². The van der Waals surface area contributed by atoms with Gasteiger partial charge in [0.2, 0.25) is 5.95 Å². The molecule has 0 radical (unpaired) electrons. The minimum Gasteiger partial charge on any atom is -0.387 e. The first-order valence-corrected chi connectivity index (χ1v) is 12.4. The van der Waals surface area contributed by atoms with Crippen molar-refractivity contribution in [3.05, 3.63) is 16.7 Å². The van der Waals surface area contributed by atoms with E-state index < -0.39 is 52.4 Å². The van der Waals surface area contributed by atoms with Crippen LogP contribution in [0.25, 0.3) is 11.2 Å². The monoisotopic (exact) mass is 515 g/mol. The van der Waals surface area contributed by atoms with Crippen LogP contribution >= 0.6 is 15.6 Å². The quantitative estimate of drug-likeness (QED) is 0.128. The standard InChI is InChI=1S/C14H23N5O12P2/c15-14-18-8-11(16-6-17-12(8)22)19(14)3-1-2-4-28-32(24,25)31-33(26,27)29-5-7-9(20)10(21)13(23)30-7/h6-7,9-10,13,20-21,23H,1-5H2,(H2,15,18)(H,24,25)(H,26,27)(H,16,17,22)/t7-,9-,10-,13+/m1/s1. The first-order chi connectivity index (χ1) is 15.4. The Labute approximate surface area is 184 Å². The third-order valence-corrected chi connectivity index (χ3v) is 7.18. The van der Waals surface area contributed by atoms with Crippen LogP contribution in [-0.4, -0.2) is 82.4 Å². The summed E-state index contributed by atoms with van der Waals surface area (Å²) in [5, 5.41) is 28.2. The van der Waals surface area contributed by atoms with Crippen LogP contribution in [-0.2, 0) is 33.8 Å². The Morgan fingerprint density at radius 1 is 1.15 bits per heavy atom. The lowest BCUT2D eigenvalue weighted by atomic mass is 10.1. The van der Waals surface area contributed by atoms with E-state index in [-0.39, 0.29) is 36.7 Å². The van der Waals surface area contributed by atoms with Gasteiger partial charge in [-0.3, -0.25) is 18.4 Å². The fraction of sp³-hybridized carbons (Fsp3) is 0.643. The summed E-state index contributed by atoms with van der Waals surface area (Å²) >= 11 is 0. The number of fused-ring (bicyclic) bond motifs is 1. The Morgan fingerprint density at radius 3 is 2.52 bits per heavy atom. The summed E-state index contributed by atoms with van der Waals surface area (Å²) in [6.45, 7) is -0.931. The first kappa shape index (κ1) is 25.9. The molecule has 8 N–H and O–H groups in total. The molecule has 2 unspecified atom stereocenters. The molecule has 33 heavy (non-hydrogen) atoms. The van der Waals surface area contributed by atoms with Crippen LogP contribution in [0.1, 0.15) is 12.8 Å². The average molecular weight is 515 g/mol. The zero-order valence-corrected chi connectivity index (χ0v) is 18.6. The van der Waals surface area contributed by atoms with Gasteiger partial charge in [-0.05, 0) is 12.8 Å². The Kier molecular flexibility index (Phi) is 8.03. The number of aryl methyl sites for hydroxylation is 1. The molecule has 2 aromatic rings. The Bertz CT molecular complexity index is 1120. The van der Waals surface area contributed by atoms with Gasteiger partial charge in [-0.15, -0.1) is 0 Å². The number of aliphatic hydroxyl groups excluding tert-OH is 3. The molecule has 17 nitrogen and oxygen atoms in total. The maximum absolute atomic E-state index is 11.9. The van der Waals surface area contributed by atoms with Gasteiger partial charge in [0.15, 0.2) is 17.5 Å². The molecule has 0 aromatic carbocycles. The second kappa shape index (κ2) is 10.2. The van der Waals surface area contributed by atoms with E-state index in [1.54, 1.807) is 0 Å². The highest BCUT2D eigenvalue weighted by Gasteiger charge is 2.44. The molecule has 1 fully saturated rings. The van der Waals surface area contributed by atoms with E-state index in [0.717, 1.165) is 0 Å². The van der Waals surface area contributed by atoms with Crippen molar-refractivity contribution >= 4 is 32.8 Å². The maximum Gasteiger partial charge on any atom is 0.481 e. The van der Waals surface area contributed by atoms with Crippen molar-refractivity contribution < 1.29 is 52.3 Å². The lowest BCUT2D eigenvalue weighted by Crippen LogP contribution is -2.34. The average Bonchev–Trinajstić information content (AvgIpc) is 3.17. The predicted octanol–water partition coefficient (Wildman–Crippen LogP) is -1.83. The number of rotatable bonds is 11. The third kappa shape index (κ3) is 6.44. The molecule has 0 amide bonds. The number of hydrogen-bond donors (Lipinski definition) is 7. The third-order valence-electron chi connectivity index (χ3n) is 4.54. The van der Waals surface area contributed by atoms with Gasteiger partial charge in [0.25, 0.3) is 5.56 Å². The molecule has 0 saturated carbocycles. The van der Waals surface area contributed by atoms with Gasteiger partial charge in [0.05, 0.1) is 19.5 Å². The summed E-state index contributed by atoms with van der Waals surface area (Å²) in [7, 11) is -10.1. The SMILES string of the molecule is Nc1nc2c(=O)[nH]cnc2n1CCCCOP(=O)(O)OP(=O)(O)OC[C@H]1O[C@H](O)[C@H](O)[C@@H]1O. The molecule has 0 bridgehead atoms. The lowest BCUT2D eigenvalue weighted by molar-refractivity contribution is -0.132. The molecule has 6 atom stereocenters. The molecule has 186 valence electrons. The number of nitrogens with two attached hydrogens (primary N) is 1. The molecule has 0 aliphatic carbocycles. The number of nitrogens with one attached hydrogen (secondary N) is 1. The summed E-state index contributed by atoms with van der Waals surface area (Å²) in [5.74, 6) is 0.0565. The molecule has 0 spiro atoms. The molecule has 1 aliphatic heterocycles. The van der Waals surface area contributed by atoms with Gasteiger partial charge < -0.3 is 40.6 Å². The van der Waals surface area contributed by atoms with Crippen LogP contribution in [0.3, 0.4) is 0 Å². The number of phosphoric acid groups is 2. The first-order valence-electron chi connectivity index (χ1n) is 9.45. The van der Waals surface area contributed by atoms with Crippen molar-refractivity contribution in [2.24, 2.45) is 0 Å². The van der Waals surface area contributed by atoms with Crippen LogP contribution < -0.4 is 11.3 Å². The number of hydrogen-bond acceptors (Lipinski definition) is 13. The Balaban J connectivity index is 1.43. The van der Waals surface area contributed by atoms with Crippen LogP contribution in [0.15, 0.2) is 11.1 Å². The summed E-state index contributed by atoms with van der Waals surface area (Å²) in [6, 6.07) is 0. The lowest BCUT2D eigenvalue weighted by Gasteiger charge is -2.19. The number of ether oxygens (including phenoxy) is 1. The molecule has 19 heteroatoms. The highest BCUT2D eigenvalue weighted by molar-refractivity contribution is 7.61. The number of H-pyrrole nitrogens is 1. The number of imidazole rings is 1. The normalized spacial score (nSPS) is 26.9. The Morgan fingerprint density at radius 2 is 1.85 bits per heavy atom. The van der Waals surface area contributed by atoms with E-state index in [4.69, 9.17) is 10.5 Å². The molecule has 1 aliphatic rings. The van der Waals surface area contributed by atoms with Crippen LogP contribution in [0.2, 0.25) is 0 Å².